The molecule has 9 nitrogen and oxygen atoms in total. The van der Waals surface area contributed by atoms with Crippen molar-refractivity contribution >= 4 is 11.9 Å². The van der Waals surface area contributed by atoms with Crippen LogP contribution in [0.2, 0.25) is 0 Å². The highest BCUT2D eigenvalue weighted by molar-refractivity contribution is 5.93. The molecule has 3 N–H and O–H groups in total. The number of benzene rings is 1. The van der Waals surface area contributed by atoms with E-state index in [-0.39, 0.29) is 40.7 Å². The first kappa shape index (κ1) is 19.7. The fraction of sp³-hybridized carbons (Fsp3) is 0.278. The standard InChI is InChI=1S/C18H18N2O7/c1-24-12-6-9(4-5-11(12)21)15-10(8-19)17(20)27-13(7-14(22)25-2)16(15)18(23)26-3/h4-6,15,21H,7,20H2,1-3H3/t15-/m1/s1. The maximum atomic E-state index is 12.5. The van der Waals surface area contributed by atoms with Gasteiger partial charge in [0, 0.05) is 0 Å². The van der Waals surface area contributed by atoms with Gasteiger partial charge in [-0.3, -0.25) is 4.79 Å². The summed E-state index contributed by atoms with van der Waals surface area (Å²) in [4.78, 5) is 24.2. The Morgan fingerprint density at radius 2 is 2.00 bits per heavy atom. The van der Waals surface area contributed by atoms with Crippen molar-refractivity contribution in [1.82, 2.24) is 0 Å². The topological polar surface area (TPSA) is 141 Å². The lowest BCUT2D eigenvalue weighted by Crippen LogP contribution is -2.27. The van der Waals surface area contributed by atoms with Crippen molar-refractivity contribution in [3.63, 3.8) is 0 Å². The molecule has 0 aliphatic carbocycles. The zero-order chi connectivity index (χ0) is 20.1. The van der Waals surface area contributed by atoms with Gasteiger partial charge in [-0.25, -0.2) is 4.79 Å². The molecule has 0 fully saturated rings. The highest BCUT2D eigenvalue weighted by Crippen LogP contribution is 2.42. The molecule has 27 heavy (non-hydrogen) atoms. The minimum Gasteiger partial charge on any atom is -0.504 e. The van der Waals surface area contributed by atoms with Crippen LogP contribution < -0.4 is 10.5 Å². The van der Waals surface area contributed by atoms with Crippen molar-refractivity contribution in [3.8, 4) is 17.6 Å². The molecule has 1 aromatic rings. The first-order valence-corrected chi connectivity index (χ1v) is 7.70. The fourth-order valence-corrected chi connectivity index (χ4v) is 2.69. The first-order chi connectivity index (χ1) is 12.9. The number of hydrogen-bond acceptors (Lipinski definition) is 9. The largest absolute Gasteiger partial charge is 0.504 e. The second-order valence-corrected chi connectivity index (χ2v) is 5.44. The van der Waals surface area contributed by atoms with Gasteiger partial charge in [-0.2, -0.15) is 5.26 Å². The molecular weight excluding hydrogens is 356 g/mol. The average Bonchev–Trinajstić information content (AvgIpc) is 2.67. The number of nitrogens with two attached hydrogens (primary N) is 1. The lowest BCUT2D eigenvalue weighted by atomic mass is 9.82. The molecule has 2 rings (SSSR count). The second-order valence-electron chi connectivity index (χ2n) is 5.44. The number of carbonyl (C=O) groups excluding carboxylic acids is 2. The summed E-state index contributed by atoms with van der Waals surface area (Å²) in [6.45, 7) is 0. The number of carbonyl (C=O) groups is 2. The molecule has 1 atom stereocenters. The summed E-state index contributed by atoms with van der Waals surface area (Å²) in [5.41, 5.74) is 6.14. The molecule has 0 bridgehead atoms. The molecule has 1 heterocycles. The monoisotopic (exact) mass is 374 g/mol. The molecule has 0 aromatic heterocycles. The zero-order valence-corrected chi connectivity index (χ0v) is 14.9. The minimum atomic E-state index is -0.981. The first-order valence-electron chi connectivity index (χ1n) is 7.70. The molecular formula is C18H18N2O7. The molecule has 1 aliphatic rings. The number of hydrogen-bond donors (Lipinski definition) is 2. The van der Waals surface area contributed by atoms with Crippen molar-refractivity contribution in [1.29, 1.82) is 5.26 Å². The van der Waals surface area contributed by atoms with Gasteiger partial charge in [0.1, 0.15) is 23.8 Å². The lowest BCUT2D eigenvalue weighted by Gasteiger charge is -2.27. The lowest BCUT2D eigenvalue weighted by molar-refractivity contribution is -0.140. The number of phenolic OH excluding ortho intramolecular Hbond substituents is 1. The molecule has 142 valence electrons. The number of nitriles is 1. The van der Waals surface area contributed by atoms with Crippen molar-refractivity contribution < 1.29 is 33.6 Å². The number of aromatic hydroxyl groups is 1. The van der Waals surface area contributed by atoms with Crippen molar-refractivity contribution in [2.24, 2.45) is 5.73 Å². The van der Waals surface area contributed by atoms with Crippen LogP contribution in [0.5, 0.6) is 11.5 Å². The Hall–Kier alpha value is -3.67. The minimum absolute atomic E-state index is 0.0447. The third-order valence-corrected chi connectivity index (χ3v) is 3.97. The van der Waals surface area contributed by atoms with Crippen LogP contribution in [0.1, 0.15) is 17.9 Å². The van der Waals surface area contributed by atoms with Gasteiger partial charge in [0.25, 0.3) is 0 Å². The zero-order valence-electron chi connectivity index (χ0n) is 14.9. The average molecular weight is 374 g/mol. The third kappa shape index (κ3) is 3.79. The van der Waals surface area contributed by atoms with Gasteiger partial charge in [-0.1, -0.05) is 6.07 Å². The predicted octanol–water partition coefficient (Wildman–Crippen LogP) is 1.20. The van der Waals surface area contributed by atoms with E-state index in [4.69, 9.17) is 19.9 Å². The maximum absolute atomic E-state index is 12.5. The van der Waals surface area contributed by atoms with Gasteiger partial charge in [0.2, 0.25) is 5.88 Å². The molecule has 0 unspecified atom stereocenters. The van der Waals surface area contributed by atoms with E-state index < -0.39 is 17.9 Å². The Bertz CT molecular complexity index is 880. The summed E-state index contributed by atoms with van der Waals surface area (Å²) in [5.74, 6) is -2.77. The number of allylic oxidation sites excluding steroid dienone is 1. The molecule has 0 spiro atoms. The van der Waals surface area contributed by atoms with E-state index >= 15 is 0 Å². The summed E-state index contributed by atoms with van der Waals surface area (Å²) >= 11 is 0. The normalized spacial score (nSPS) is 16.3. The van der Waals surface area contributed by atoms with E-state index in [1.54, 1.807) is 0 Å². The van der Waals surface area contributed by atoms with Gasteiger partial charge in [-0.05, 0) is 17.7 Å². The molecule has 1 aliphatic heterocycles. The Labute approximate surface area is 155 Å². The highest BCUT2D eigenvalue weighted by atomic mass is 16.5. The molecule has 0 amide bonds. The summed E-state index contributed by atoms with van der Waals surface area (Å²) in [7, 11) is 3.71. The van der Waals surface area contributed by atoms with Crippen LogP contribution in [0.4, 0.5) is 0 Å². The number of nitrogens with zero attached hydrogens (tertiary/aromatic N) is 1. The van der Waals surface area contributed by atoms with Gasteiger partial charge >= 0.3 is 11.9 Å². The Morgan fingerprint density at radius 1 is 1.30 bits per heavy atom. The number of methoxy groups -OCH3 is 3. The summed E-state index contributed by atoms with van der Waals surface area (Å²) in [5, 5.41) is 19.4. The summed E-state index contributed by atoms with van der Waals surface area (Å²) in [6.07, 6.45) is -0.383. The number of phenols is 1. The van der Waals surface area contributed by atoms with Crippen LogP contribution in [-0.2, 0) is 23.8 Å². The summed E-state index contributed by atoms with van der Waals surface area (Å²) in [6, 6.07) is 6.22. The van der Waals surface area contributed by atoms with Gasteiger partial charge in [0.15, 0.2) is 11.5 Å². The van der Waals surface area contributed by atoms with Crippen LogP contribution in [0, 0.1) is 11.3 Å². The Kier molecular flexibility index (Phi) is 5.92. The van der Waals surface area contributed by atoms with E-state index in [2.05, 4.69) is 4.74 Å². The smallest absolute Gasteiger partial charge is 0.338 e. The number of esters is 2. The van der Waals surface area contributed by atoms with Gasteiger partial charge < -0.3 is 29.8 Å². The third-order valence-electron chi connectivity index (χ3n) is 3.97. The van der Waals surface area contributed by atoms with Crippen LogP contribution in [0.3, 0.4) is 0 Å². The molecule has 0 radical (unpaired) electrons. The molecule has 0 saturated carbocycles. The molecule has 9 heteroatoms. The van der Waals surface area contributed by atoms with Crippen LogP contribution >= 0.6 is 0 Å². The van der Waals surface area contributed by atoms with Crippen LogP contribution in [-0.4, -0.2) is 38.4 Å². The van der Waals surface area contributed by atoms with Crippen molar-refractivity contribution in [2.75, 3.05) is 21.3 Å². The highest BCUT2D eigenvalue weighted by Gasteiger charge is 2.38. The SMILES string of the molecule is COC(=O)CC1=C(C(=O)OC)[C@H](c2ccc(O)c(OC)c2)C(C#N)=C(N)O1. The van der Waals surface area contributed by atoms with E-state index in [9.17, 15) is 20.0 Å². The number of ether oxygens (including phenoxy) is 4. The summed E-state index contributed by atoms with van der Waals surface area (Å²) < 4.78 is 19.9. The van der Waals surface area contributed by atoms with Crippen molar-refractivity contribution in [3.05, 3.63) is 46.6 Å². The van der Waals surface area contributed by atoms with Crippen molar-refractivity contribution in [2.45, 2.75) is 12.3 Å². The van der Waals surface area contributed by atoms with E-state index in [0.29, 0.717) is 5.56 Å². The Morgan fingerprint density at radius 3 is 2.56 bits per heavy atom. The van der Waals surface area contributed by atoms with Crippen LogP contribution in [0.15, 0.2) is 41.0 Å². The quantitative estimate of drug-likeness (QED) is 0.727. The Balaban J connectivity index is 2.72. The second kappa shape index (κ2) is 8.14. The van der Waals surface area contributed by atoms with E-state index in [0.717, 1.165) is 7.11 Å². The van der Waals surface area contributed by atoms with Gasteiger partial charge in [0.05, 0.1) is 32.8 Å². The van der Waals surface area contributed by atoms with E-state index in [1.807, 2.05) is 6.07 Å². The van der Waals surface area contributed by atoms with E-state index in [1.165, 1.54) is 32.4 Å². The fourth-order valence-electron chi connectivity index (χ4n) is 2.69. The van der Waals surface area contributed by atoms with Crippen LogP contribution in [0.25, 0.3) is 0 Å². The predicted molar refractivity (Wildman–Crippen MR) is 91.0 cm³/mol. The number of rotatable bonds is 5. The molecule has 0 saturated heterocycles. The van der Waals surface area contributed by atoms with Gasteiger partial charge in [-0.15, -0.1) is 0 Å². The molecule has 1 aromatic carbocycles. The maximum Gasteiger partial charge on any atom is 0.338 e.